The van der Waals surface area contributed by atoms with Crippen LogP contribution in [0, 0.1) is 0 Å². The molecule has 0 fully saturated rings. The molecule has 0 atom stereocenters. The Labute approximate surface area is 128 Å². The summed E-state index contributed by atoms with van der Waals surface area (Å²) in [5.74, 6) is 0. The van der Waals surface area contributed by atoms with E-state index in [1.807, 2.05) is 18.2 Å². The number of nitrogens with zero attached hydrogens (tertiary/aromatic N) is 1. The van der Waals surface area contributed by atoms with E-state index >= 15 is 0 Å². The van der Waals surface area contributed by atoms with Gasteiger partial charge < -0.3 is 5.11 Å². The Morgan fingerprint density at radius 1 is 1.00 bits per heavy atom. The summed E-state index contributed by atoms with van der Waals surface area (Å²) in [6, 6.07) is 12.1. The van der Waals surface area contributed by atoms with Gasteiger partial charge >= 0.3 is 6.18 Å². The summed E-state index contributed by atoms with van der Waals surface area (Å²) < 4.78 is 38.0. The van der Waals surface area contributed by atoms with Gasteiger partial charge in [0.05, 0.1) is 16.1 Å². The maximum Gasteiger partial charge on any atom is 0.416 e. The van der Waals surface area contributed by atoms with Crippen molar-refractivity contribution in [3.05, 3.63) is 59.0 Å². The van der Waals surface area contributed by atoms with Crippen LogP contribution >= 0.6 is 11.3 Å². The summed E-state index contributed by atoms with van der Waals surface area (Å²) in [6.07, 6.45) is -2.92. The van der Waals surface area contributed by atoms with Crippen LogP contribution in [0.3, 0.4) is 0 Å². The van der Waals surface area contributed by atoms with Crippen molar-refractivity contribution < 1.29 is 18.3 Å². The van der Waals surface area contributed by atoms with E-state index in [4.69, 9.17) is 0 Å². The average molecular weight is 321 g/mol. The summed E-state index contributed by atoms with van der Waals surface area (Å²) in [4.78, 5) is 4.79. The molecule has 0 aliphatic carbocycles. The molecule has 1 heterocycles. The standard InChI is InChI=1S/C16H10F3NOS/c17-16(18,19)10-4-3-5-11(8-10)20-9-14-12-6-1-2-7-13(12)15(21)22-14/h1-9,21H. The molecule has 3 rings (SSSR count). The highest BCUT2D eigenvalue weighted by molar-refractivity contribution is 7.17. The van der Waals surface area contributed by atoms with Crippen molar-refractivity contribution in [2.24, 2.45) is 4.99 Å². The Bertz CT molecular complexity index is 852. The van der Waals surface area contributed by atoms with Crippen LogP contribution < -0.4 is 0 Å². The summed E-state index contributed by atoms with van der Waals surface area (Å²) >= 11 is 1.14. The largest absolute Gasteiger partial charge is 0.499 e. The SMILES string of the molecule is Oc1sc(C=Nc2cccc(C(F)(F)F)c2)c2ccccc12. The van der Waals surface area contributed by atoms with Crippen LogP contribution in [-0.4, -0.2) is 11.3 Å². The van der Waals surface area contributed by atoms with Gasteiger partial charge in [0.15, 0.2) is 5.06 Å². The number of halogens is 3. The van der Waals surface area contributed by atoms with Gasteiger partial charge in [0.2, 0.25) is 0 Å². The molecule has 2 aromatic carbocycles. The van der Waals surface area contributed by atoms with E-state index in [1.54, 1.807) is 6.07 Å². The van der Waals surface area contributed by atoms with Gasteiger partial charge in [-0.3, -0.25) is 4.99 Å². The molecule has 22 heavy (non-hydrogen) atoms. The first-order chi connectivity index (χ1) is 10.4. The van der Waals surface area contributed by atoms with Crippen LogP contribution in [0.2, 0.25) is 0 Å². The van der Waals surface area contributed by atoms with Gasteiger partial charge in [-0.15, -0.1) is 0 Å². The second-order valence-corrected chi connectivity index (χ2v) is 5.65. The van der Waals surface area contributed by atoms with Crippen molar-refractivity contribution in [1.29, 1.82) is 0 Å². The van der Waals surface area contributed by atoms with Crippen LogP contribution in [0.15, 0.2) is 53.5 Å². The first kappa shape index (κ1) is 14.6. The highest BCUT2D eigenvalue weighted by atomic mass is 32.1. The van der Waals surface area contributed by atoms with Crippen molar-refractivity contribution in [3.63, 3.8) is 0 Å². The van der Waals surface area contributed by atoms with E-state index in [-0.39, 0.29) is 10.8 Å². The highest BCUT2D eigenvalue weighted by Gasteiger charge is 2.30. The highest BCUT2D eigenvalue weighted by Crippen LogP contribution is 2.36. The van der Waals surface area contributed by atoms with Gasteiger partial charge in [0, 0.05) is 17.0 Å². The van der Waals surface area contributed by atoms with E-state index < -0.39 is 11.7 Å². The molecule has 0 spiro atoms. The number of benzene rings is 2. The zero-order valence-electron chi connectivity index (χ0n) is 11.1. The van der Waals surface area contributed by atoms with Gasteiger partial charge in [-0.2, -0.15) is 13.2 Å². The Morgan fingerprint density at radius 3 is 2.45 bits per heavy atom. The van der Waals surface area contributed by atoms with Crippen molar-refractivity contribution in [1.82, 2.24) is 0 Å². The monoisotopic (exact) mass is 321 g/mol. The van der Waals surface area contributed by atoms with E-state index in [0.717, 1.165) is 28.9 Å². The van der Waals surface area contributed by atoms with Gasteiger partial charge in [-0.1, -0.05) is 35.6 Å². The number of hydrogen-bond donors (Lipinski definition) is 1. The van der Waals surface area contributed by atoms with Crippen molar-refractivity contribution in [3.8, 4) is 5.06 Å². The smallest absolute Gasteiger partial charge is 0.416 e. The molecule has 1 N–H and O–H groups in total. The molecule has 0 unspecified atom stereocenters. The first-order valence-electron chi connectivity index (χ1n) is 6.37. The third kappa shape index (κ3) is 2.82. The molecule has 3 aromatic rings. The fourth-order valence-corrected chi connectivity index (χ4v) is 2.98. The minimum Gasteiger partial charge on any atom is -0.499 e. The van der Waals surface area contributed by atoms with E-state index in [2.05, 4.69) is 4.99 Å². The summed E-state index contributed by atoms with van der Waals surface area (Å²) in [6.45, 7) is 0. The average Bonchev–Trinajstić information content (AvgIpc) is 2.82. The topological polar surface area (TPSA) is 32.6 Å². The van der Waals surface area contributed by atoms with Gasteiger partial charge in [0.1, 0.15) is 0 Å². The Balaban J connectivity index is 1.97. The van der Waals surface area contributed by atoms with Gasteiger partial charge in [0.25, 0.3) is 0 Å². The van der Waals surface area contributed by atoms with Crippen molar-refractivity contribution >= 4 is 34.0 Å². The summed E-state index contributed by atoms with van der Waals surface area (Å²) in [5, 5.41) is 11.5. The molecule has 0 radical (unpaired) electrons. The molecule has 6 heteroatoms. The molecular weight excluding hydrogens is 311 g/mol. The molecule has 0 saturated carbocycles. The van der Waals surface area contributed by atoms with Crippen LogP contribution in [0.5, 0.6) is 5.06 Å². The number of rotatable bonds is 2. The molecule has 0 aliphatic heterocycles. The lowest BCUT2D eigenvalue weighted by molar-refractivity contribution is -0.137. The second kappa shape index (κ2) is 5.46. The second-order valence-electron chi connectivity index (χ2n) is 4.62. The quantitative estimate of drug-likeness (QED) is 0.632. The van der Waals surface area contributed by atoms with Crippen LogP contribution in [0.25, 0.3) is 10.8 Å². The van der Waals surface area contributed by atoms with Crippen LogP contribution in [0.4, 0.5) is 18.9 Å². The number of thiophene rings is 1. The maximum absolute atomic E-state index is 12.7. The molecular formula is C16H10F3NOS. The number of fused-ring (bicyclic) bond motifs is 1. The normalized spacial score (nSPS) is 12.3. The minimum atomic E-state index is -4.39. The predicted molar refractivity (Wildman–Crippen MR) is 82.2 cm³/mol. The molecule has 0 saturated heterocycles. The number of aliphatic imine (C=N–C) groups is 1. The maximum atomic E-state index is 12.7. The fraction of sp³-hybridized carbons (Fsp3) is 0.0625. The van der Waals surface area contributed by atoms with Crippen molar-refractivity contribution in [2.45, 2.75) is 6.18 Å². The van der Waals surface area contributed by atoms with Gasteiger partial charge in [-0.25, -0.2) is 0 Å². The first-order valence-corrected chi connectivity index (χ1v) is 7.18. The van der Waals surface area contributed by atoms with E-state index in [1.165, 1.54) is 18.3 Å². The third-order valence-electron chi connectivity index (χ3n) is 3.13. The molecule has 0 amide bonds. The van der Waals surface area contributed by atoms with Crippen LogP contribution in [0.1, 0.15) is 10.4 Å². The predicted octanol–water partition coefficient (Wildman–Crippen LogP) is 5.38. The van der Waals surface area contributed by atoms with Gasteiger partial charge in [-0.05, 0) is 24.3 Å². The number of alkyl halides is 3. The molecule has 0 aliphatic rings. The lowest BCUT2D eigenvalue weighted by atomic mass is 10.2. The molecule has 0 bridgehead atoms. The minimum absolute atomic E-state index is 0.168. The Morgan fingerprint density at radius 2 is 1.73 bits per heavy atom. The van der Waals surface area contributed by atoms with E-state index in [0.29, 0.717) is 10.3 Å². The third-order valence-corrected chi connectivity index (χ3v) is 4.09. The number of aromatic hydroxyl groups is 1. The lowest BCUT2D eigenvalue weighted by Crippen LogP contribution is -2.03. The summed E-state index contributed by atoms with van der Waals surface area (Å²) in [5.41, 5.74) is -0.521. The van der Waals surface area contributed by atoms with E-state index in [9.17, 15) is 18.3 Å². The summed E-state index contributed by atoms with van der Waals surface area (Å²) in [7, 11) is 0. The molecule has 2 nitrogen and oxygen atoms in total. The zero-order chi connectivity index (χ0) is 15.7. The molecule has 1 aromatic heterocycles. The van der Waals surface area contributed by atoms with Crippen LogP contribution in [-0.2, 0) is 6.18 Å². The Hall–Kier alpha value is -2.34. The lowest BCUT2D eigenvalue weighted by Gasteiger charge is -2.06. The number of hydrogen-bond acceptors (Lipinski definition) is 3. The fourth-order valence-electron chi connectivity index (χ4n) is 2.09. The van der Waals surface area contributed by atoms with Crippen molar-refractivity contribution in [2.75, 3.05) is 0 Å². The molecule has 112 valence electrons. The zero-order valence-corrected chi connectivity index (χ0v) is 11.9. The Kier molecular flexibility index (Phi) is 3.62.